The van der Waals surface area contributed by atoms with E-state index in [9.17, 15) is 13.6 Å². The van der Waals surface area contributed by atoms with Crippen molar-refractivity contribution in [2.24, 2.45) is 0 Å². The largest absolute Gasteiger partial charge is 0.494 e. The van der Waals surface area contributed by atoms with Gasteiger partial charge in [-0.05, 0) is 0 Å². The minimum Gasteiger partial charge on any atom is -0.494 e. The van der Waals surface area contributed by atoms with Crippen molar-refractivity contribution < 1.29 is 18.3 Å². The molecule has 0 unspecified atom stereocenters. The lowest BCUT2D eigenvalue weighted by molar-refractivity contribution is -0.106. The molecule has 0 aromatic heterocycles. The molecular formula is C9H9F2NO2. The van der Waals surface area contributed by atoms with Gasteiger partial charge in [-0.15, -0.1) is 0 Å². The van der Waals surface area contributed by atoms with Crippen LogP contribution >= 0.6 is 0 Å². The van der Waals surface area contributed by atoms with Crippen LogP contribution in [-0.2, 0) is 4.79 Å². The minimum absolute atomic E-state index is 0.0598. The molecule has 0 amide bonds. The lowest BCUT2D eigenvalue weighted by atomic mass is 10.2. The van der Waals surface area contributed by atoms with E-state index >= 15 is 0 Å². The summed E-state index contributed by atoms with van der Waals surface area (Å²) in [7, 11) is 1.25. The lowest BCUT2D eigenvalue weighted by Crippen LogP contribution is -2.05. The van der Waals surface area contributed by atoms with Crippen LogP contribution in [0.2, 0.25) is 0 Å². The standard InChI is InChI=1S/C9H9F2NO2/c1-14-9-5-6(10)8(4-7(9)11)12-2-3-13/h3-5,12H,2H2,1H3. The molecule has 1 N–H and O–H groups in total. The van der Waals surface area contributed by atoms with Crippen LogP contribution < -0.4 is 10.1 Å². The first-order valence-electron chi connectivity index (χ1n) is 3.89. The molecule has 0 aliphatic heterocycles. The summed E-state index contributed by atoms with van der Waals surface area (Å²) in [5.74, 6) is -1.51. The Balaban J connectivity index is 2.96. The van der Waals surface area contributed by atoms with Gasteiger partial charge in [0.05, 0.1) is 19.3 Å². The second-order valence-corrected chi connectivity index (χ2v) is 2.51. The quantitative estimate of drug-likeness (QED) is 0.751. The van der Waals surface area contributed by atoms with E-state index in [0.29, 0.717) is 6.29 Å². The van der Waals surface area contributed by atoms with Crippen LogP contribution in [0.25, 0.3) is 0 Å². The van der Waals surface area contributed by atoms with Gasteiger partial charge < -0.3 is 14.8 Å². The first-order chi connectivity index (χ1) is 6.69. The predicted molar refractivity (Wildman–Crippen MR) is 47.5 cm³/mol. The molecule has 0 saturated heterocycles. The topological polar surface area (TPSA) is 38.3 Å². The van der Waals surface area contributed by atoms with Crippen molar-refractivity contribution in [2.75, 3.05) is 19.0 Å². The van der Waals surface area contributed by atoms with Crippen molar-refractivity contribution in [2.45, 2.75) is 0 Å². The summed E-state index contributed by atoms with van der Waals surface area (Å²) in [5.41, 5.74) is -0.0598. The number of aldehydes is 1. The van der Waals surface area contributed by atoms with Crippen molar-refractivity contribution in [1.82, 2.24) is 0 Å². The number of methoxy groups -OCH3 is 1. The maximum Gasteiger partial charge on any atom is 0.167 e. The summed E-state index contributed by atoms with van der Waals surface area (Å²) < 4.78 is 30.7. The summed E-state index contributed by atoms with van der Waals surface area (Å²) in [6, 6.07) is 1.86. The molecular weight excluding hydrogens is 192 g/mol. The van der Waals surface area contributed by atoms with Crippen molar-refractivity contribution in [1.29, 1.82) is 0 Å². The summed E-state index contributed by atoms with van der Waals surface area (Å²) in [6.45, 7) is -0.0668. The Labute approximate surface area is 79.7 Å². The molecule has 5 heteroatoms. The second-order valence-electron chi connectivity index (χ2n) is 2.51. The molecule has 76 valence electrons. The molecule has 0 aliphatic rings. The molecule has 0 heterocycles. The summed E-state index contributed by atoms with van der Waals surface area (Å²) in [6.07, 6.45) is 0.557. The molecule has 14 heavy (non-hydrogen) atoms. The number of halogens is 2. The van der Waals surface area contributed by atoms with E-state index in [-0.39, 0.29) is 18.0 Å². The van der Waals surface area contributed by atoms with Gasteiger partial charge >= 0.3 is 0 Å². The Bertz CT molecular complexity index is 342. The van der Waals surface area contributed by atoms with Gasteiger partial charge in [0.15, 0.2) is 11.6 Å². The Kier molecular flexibility index (Phi) is 3.39. The van der Waals surface area contributed by atoms with Gasteiger partial charge in [0, 0.05) is 12.1 Å². The van der Waals surface area contributed by atoms with Crippen LogP contribution in [0.4, 0.5) is 14.5 Å². The zero-order valence-corrected chi connectivity index (χ0v) is 7.51. The SMILES string of the molecule is COc1cc(F)c(NCC=O)cc1F. The fourth-order valence-corrected chi connectivity index (χ4v) is 0.972. The number of hydrogen-bond donors (Lipinski definition) is 1. The Morgan fingerprint density at radius 1 is 1.43 bits per heavy atom. The highest BCUT2D eigenvalue weighted by Crippen LogP contribution is 2.24. The van der Waals surface area contributed by atoms with Gasteiger partial charge in [-0.3, -0.25) is 0 Å². The predicted octanol–water partition coefficient (Wildman–Crippen LogP) is 1.58. The molecule has 0 fully saturated rings. The van der Waals surface area contributed by atoms with E-state index in [0.717, 1.165) is 12.1 Å². The van der Waals surface area contributed by atoms with E-state index < -0.39 is 11.6 Å². The van der Waals surface area contributed by atoms with Crippen molar-refractivity contribution >= 4 is 12.0 Å². The van der Waals surface area contributed by atoms with Gasteiger partial charge in [-0.25, -0.2) is 8.78 Å². The lowest BCUT2D eigenvalue weighted by Gasteiger charge is -2.07. The van der Waals surface area contributed by atoms with Crippen LogP contribution in [-0.4, -0.2) is 19.9 Å². The number of carbonyl (C=O) groups is 1. The molecule has 0 atom stereocenters. The average molecular weight is 201 g/mol. The molecule has 3 nitrogen and oxygen atoms in total. The normalized spacial score (nSPS) is 9.64. The Hall–Kier alpha value is -1.65. The highest BCUT2D eigenvalue weighted by molar-refractivity contribution is 5.60. The number of nitrogens with one attached hydrogen (secondary N) is 1. The maximum absolute atomic E-state index is 13.1. The fraction of sp³-hybridized carbons (Fsp3) is 0.222. The maximum atomic E-state index is 13.1. The van der Waals surface area contributed by atoms with Gasteiger partial charge in [0.1, 0.15) is 12.1 Å². The zero-order valence-electron chi connectivity index (χ0n) is 7.51. The summed E-state index contributed by atoms with van der Waals surface area (Å²) in [5, 5.41) is 2.42. The van der Waals surface area contributed by atoms with E-state index in [4.69, 9.17) is 0 Å². The van der Waals surface area contributed by atoms with Crippen molar-refractivity contribution in [3.8, 4) is 5.75 Å². The Morgan fingerprint density at radius 3 is 2.71 bits per heavy atom. The number of hydrogen-bond acceptors (Lipinski definition) is 3. The van der Waals surface area contributed by atoms with Crippen LogP contribution in [0, 0.1) is 11.6 Å². The van der Waals surface area contributed by atoms with Crippen LogP contribution in [0.3, 0.4) is 0 Å². The number of anilines is 1. The molecule has 0 radical (unpaired) electrons. The van der Waals surface area contributed by atoms with E-state index in [1.807, 2.05) is 0 Å². The van der Waals surface area contributed by atoms with Crippen molar-refractivity contribution in [3.05, 3.63) is 23.8 Å². The molecule has 1 rings (SSSR count). The van der Waals surface area contributed by atoms with Crippen LogP contribution in [0.5, 0.6) is 5.75 Å². The third-order valence-electron chi connectivity index (χ3n) is 1.62. The molecule has 1 aromatic carbocycles. The highest BCUT2D eigenvalue weighted by Gasteiger charge is 2.09. The van der Waals surface area contributed by atoms with Gasteiger partial charge in [-0.1, -0.05) is 0 Å². The number of carbonyl (C=O) groups excluding carboxylic acids is 1. The molecule has 0 aliphatic carbocycles. The van der Waals surface area contributed by atoms with Crippen LogP contribution in [0.15, 0.2) is 12.1 Å². The highest BCUT2D eigenvalue weighted by atomic mass is 19.1. The molecule has 0 saturated carbocycles. The third-order valence-corrected chi connectivity index (χ3v) is 1.62. The summed E-state index contributed by atoms with van der Waals surface area (Å²) >= 11 is 0. The first kappa shape index (κ1) is 10.4. The van der Waals surface area contributed by atoms with Crippen molar-refractivity contribution in [3.63, 3.8) is 0 Å². The number of ether oxygens (including phenoxy) is 1. The van der Waals surface area contributed by atoms with E-state index in [1.54, 1.807) is 0 Å². The minimum atomic E-state index is -0.678. The van der Waals surface area contributed by atoms with Crippen LogP contribution in [0.1, 0.15) is 0 Å². The van der Waals surface area contributed by atoms with Gasteiger partial charge in [-0.2, -0.15) is 0 Å². The summed E-state index contributed by atoms with van der Waals surface area (Å²) in [4.78, 5) is 9.99. The second kappa shape index (κ2) is 4.55. The third kappa shape index (κ3) is 2.18. The monoisotopic (exact) mass is 201 g/mol. The van der Waals surface area contributed by atoms with E-state index in [1.165, 1.54) is 7.11 Å². The molecule has 1 aromatic rings. The molecule has 0 spiro atoms. The fourth-order valence-electron chi connectivity index (χ4n) is 0.972. The van der Waals surface area contributed by atoms with Gasteiger partial charge in [0.25, 0.3) is 0 Å². The average Bonchev–Trinajstić information content (AvgIpc) is 2.18. The zero-order chi connectivity index (χ0) is 10.6. The van der Waals surface area contributed by atoms with Gasteiger partial charge in [0.2, 0.25) is 0 Å². The Morgan fingerprint density at radius 2 is 2.14 bits per heavy atom. The van der Waals surface area contributed by atoms with E-state index in [2.05, 4.69) is 10.1 Å². The number of benzene rings is 1. The first-order valence-corrected chi connectivity index (χ1v) is 3.89. The number of rotatable bonds is 4. The molecule has 0 bridgehead atoms. The smallest absolute Gasteiger partial charge is 0.167 e.